The molecule has 0 saturated carbocycles. The van der Waals surface area contributed by atoms with Crippen molar-refractivity contribution in [1.29, 1.82) is 0 Å². The molecule has 0 fully saturated rings. The zero-order chi connectivity index (χ0) is 19.5. The van der Waals surface area contributed by atoms with Crippen molar-refractivity contribution >= 4 is 28.3 Å². The van der Waals surface area contributed by atoms with Gasteiger partial charge >= 0.3 is 0 Å². The Bertz CT molecular complexity index is 1200. The average molecular weight is 392 g/mol. The topological polar surface area (TPSA) is 44.0 Å². The van der Waals surface area contributed by atoms with Crippen molar-refractivity contribution in [3.05, 3.63) is 83.2 Å². The zero-order valence-corrected chi connectivity index (χ0v) is 16.2. The van der Waals surface area contributed by atoms with E-state index in [9.17, 15) is 0 Å². The molecule has 0 atom stereocenters. The fourth-order valence-electron chi connectivity index (χ4n) is 2.96. The number of methoxy groups -OCH3 is 2. The van der Waals surface area contributed by atoms with Gasteiger partial charge in [0.05, 0.1) is 30.3 Å². The highest BCUT2D eigenvalue weighted by atomic mass is 35.5. The predicted octanol–water partition coefficient (Wildman–Crippen LogP) is 6.00. The lowest BCUT2D eigenvalue weighted by Crippen LogP contribution is -2.03. The minimum atomic E-state index is 0.620. The van der Waals surface area contributed by atoms with Crippen molar-refractivity contribution in [3.63, 3.8) is 0 Å². The number of hydrogen-bond donors (Lipinski definition) is 0. The number of benzene rings is 3. The summed E-state index contributed by atoms with van der Waals surface area (Å²) in [5.74, 6) is 2.17. The molecule has 0 aliphatic rings. The summed E-state index contributed by atoms with van der Waals surface area (Å²) in [7, 11) is 3.28. The number of nitrogens with zero attached hydrogens (tertiary/aromatic N) is 1. The van der Waals surface area contributed by atoms with Crippen LogP contribution in [0.1, 0.15) is 0 Å². The van der Waals surface area contributed by atoms with Crippen molar-refractivity contribution in [2.45, 2.75) is 0 Å². The molecule has 4 nitrogen and oxygen atoms in total. The lowest BCUT2D eigenvalue weighted by atomic mass is 10.1. The van der Waals surface area contributed by atoms with E-state index >= 15 is 0 Å². The van der Waals surface area contributed by atoms with Gasteiger partial charge in [-0.2, -0.15) is 0 Å². The molecule has 0 radical (unpaired) electrons. The molecule has 3 aromatic carbocycles. The van der Waals surface area contributed by atoms with Crippen molar-refractivity contribution in [2.75, 3.05) is 14.2 Å². The zero-order valence-electron chi connectivity index (χ0n) is 15.5. The fraction of sp³-hybridized carbons (Fsp3) is 0.0870. The summed E-state index contributed by atoms with van der Waals surface area (Å²) in [6, 6.07) is 22.7. The van der Waals surface area contributed by atoms with Crippen LogP contribution < -0.4 is 14.8 Å². The maximum absolute atomic E-state index is 6.38. The second-order valence-corrected chi connectivity index (χ2v) is 6.55. The molecule has 0 bridgehead atoms. The molecule has 5 heteroatoms. The molecule has 140 valence electrons. The van der Waals surface area contributed by atoms with Crippen molar-refractivity contribution in [3.8, 4) is 22.8 Å². The van der Waals surface area contributed by atoms with E-state index in [1.54, 1.807) is 14.2 Å². The third kappa shape index (κ3) is 3.59. The van der Waals surface area contributed by atoms with Gasteiger partial charge in [-0.15, -0.1) is 0 Å². The van der Waals surface area contributed by atoms with E-state index in [4.69, 9.17) is 30.5 Å². The van der Waals surface area contributed by atoms with Crippen LogP contribution in [0.2, 0.25) is 5.02 Å². The molecule has 0 amide bonds. The van der Waals surface area contributed by atoms with Crippen LogP contribution in [0, 0.1) is 0 Å². The number of halogens is 1. The fourth-order valence-corrected chi connectivity index (χ4v) is 3.19. The summed E-state index contributed by atoms with van der Waals surface area (Å²) in [4.78, 5) is 4.82. The predicted molar refractivity (Wildman–Crippen MR) is 111 cm³/mol. The largest absolute Gasteiger partial charge is 0.497 e. The first-order valence-electron chi connectivity index (χ1n) is 8.73. The molecule has 4 rings (SSSR count). The highest BCUT2D eigenvalue weighted by Gasteiger charge is 2.10. The van der Waals surface area contributed by atoms with Crippen LogP contribution in [0.3, 0.4) is 0 Å². The molecule has 0 aliphatic carbocycles. The van der Waals surface area contributed by atoms with Crippen LogP contribution in [0.5, 0.6) is 11.5 Å². The normalized spacial score (nSPS) is 11.6. The molecule has 0 N–H and O–H groups in total. The molecular weight excluding hydrogens is 374 g/mol. The molecule has 0 saturated heterocycles. The minimum absolute atomic E-state index is 0.620. The number of fused-ring (bicyclic) bond motifs is 1. The van der Waals surface area contributed by atoms with Crippen molar-refractivity contribution in [1.82, 2.24) is 0 Å². The van der Waals surface area contributed by atoms with E-state index in [-0.39, 0.29) is 0 Å². The molecule has 1 aromatic heterocycles. The Kier molecular flexibility index (Phi) is 5.04. The van der Waals surface area contributed by atoms with Gasteiger partial charge in [0.1, 0.15) is 22.8 Å². The highest BCUT2D eigenvalue weighted by Crippen LogP contribution is 2.30. The van der Waals surface area contributed by atoms with Gasteiger partial charge in [0.25, 0.3) is 0 Å². The molecule has 1 heterocycles. The minimum Gasteiger partial charge on any atom is -0.497 e. The number of ether oxygens (including phenoxy) is 2. The van der Waals surface area contributed by atoms with Gasteiger partial charge in [0.2, 0.25) is 0 Å². The summed E-state index contributed by atoms with van der Waals surface area (Å²) in [5, 5.41) is 2.24. The van der Waals surface area contributed by atoms with Crippen LogP contribution in [0.4, 0.5) is 5.69 Å². The molecule has 0 spiro atoms. The third-order valence-corrected chi connectivity index (χ3v) is 4.74. The smallest absolute Gasteiger partial charge is 0.138 e. The Morgan fingerprint density at radius 3 is 2.25 bits per heavy atom. The molecular formula is C23H18ClNO3. The SMILES string of the molecule is COc1ccc(N=c2cc(-c3ccccc3Cl)oc3ccc(OC)cc23)cc1. The number of hydrogen-bond acceptors (Lipinski definition) is 4. The molecule has 28 heavy (non-hydrogen) atoms. The van der Waals surface area contributed by atoms with E-state index in [0.29, 0.717) is 16.4 Å². The molecule has 0 aliphatic heterocycles. The Balaban J connectivity index is 1.97. The van der Waals surface area contributed by atoms with E-state index in [1.807, 2.05) is 72.8 Å². The summed E-state index contributed by atoms with van der Waals surface area (Å²) in [5.41, 5.74) is 2.32. The Morgan fingerprint density at radius 1 is 0.821 bits per heavy atom. The summed E-state index contributed by atoms with van der Waals surface area (Å²) >= 11 is 6.38. The van der Waals surface area contributed by atoms with Gasteiger partial charge in [0, 0.05) is 17.0 Å². The second kappa shape index (κ2) is 7.79. The van der Waals surface area contributed by atoms with Crippen molar-refractivity contribution in [2.24, 2.45) is 4.99 Å². The summed E-state index contributed by atoms with van der Waals surface area (Å²) < 4.78 is 16.7. The molecule has 4 aromatic rings. The lowest BCUT2D eigenvalue weighted by Gasteiger charge is -2.08. The van der Waals surface area contributed by atoms with Crippen molar-refractivity contribution < 1.29 is 13.9 Å². The van der Waals surface area contributed by atoms with Crippen LogP contribution >= 0.6 is 11.6 Å². The van der Waals surface area contributed by atoms with Gasteiger partial charge in [-0.3, -0.25) is 0 Å². The van der Waals surface area contributed by atoms with E-state index in [0.717, 1.165) is 33.5 Å². The maximum Gasteiger partial charge on any atom is 0.138 e. The van der Waals surface area contributed by atoms with Gasteiger partial charge in [0.15, 0.2) is 0 Å². The Hall–Kier alpha value is -3.24. The van der Waals surface area contributed by atoms with Crippen LogP contribution in [0.15, 0.2) is 82.2 Å². The first-order valence-corrected chi connectivity index (χ1v) is 9.11. The third-order valence-electron chi connectivity index (χ3n) is 4.41. The van der Waals surface area contributed by atoms with Gasteiger partial charge in [-0.25, -0.2) is 4.99 Å². The van der Waals surface area contributed by atoms with Crippen LogP contribution in [-0.4, -0.2) is 14.2 Å². The Morgan fingerprint density at radius 2 is 1.54 bits per heavy atom. The maximum atomic E-state index is 6.38. The van der Waals surface area contributed by atoms with Gasteiger partial charge in [-0.1, -0.05) is 23.7 Å². The molecule has 0 unspecified atom stereocenters. The van der Waals surface area contributed by atoms with Gasteiger partial charge in [-0.05, 0) is 54.6 Å². The lowest BCUT2D eigenvalue weighted by molar-refractivity contribution is 0.415. The summed E-state index contributed by atoms with van der Waals surface area (Å²) in [6.45, 7) is 0. The monoisotopic (exact) mass is 391 g/mol. The Labute approximate surface area is 167 Å². The quantitative estimate of drug-likeness (QED) is 0.428. The standard InChI is InChI=1S/C23H18ClNO3/c1-26-16-9-7-15(8-10-16)25-21-14-23(18-5-3-4-6-20(18)24)28-22-12-11-17(27-2)13-19(21)22/h3-14H,1-2H3. The average Bonchev–Trinajstić information content (AvgIpc) is 2.74. The summed E-state index contributed by atoms with van der Waals surface area (Å²) in [6.07, 6.45) is 0. The second-order valence-electron chi connectivity index (χ2n) is 6.15. The first kappa shape index (κ1) is 18.1. The van der Waals surface area contributed by atoms with E-state index in [1.165, 1.54) is 0 Å². The first-order chi connectivity index (χ1) is 13.7. The highest BCUT2D eigenvalue weighted by molar-refractivity contribution is 6.33. The van der Waals surface area contributed by atoms with E-state index in [2.05, 4.69) is 0 Å². The van der Waals surface area contributed by atoms with Crippen LogP contribution in [0.25, 0.3) is 22.3 Å². The number of rotatable bonds is 4. The van der Waals surface area contributed by atoms with E-state index < -0.39 is 0 Å². The van der Waals surface area contributed by atoms with Gasteiger partial charge < -0.3 is 13.9 Å². The van der Waals surface area contributed by atoms with Crippen LogP contribution in [-0.2, 0) is 0 Å².